The number of aromatic nitrogens is 3. The molecule has 1 saturated heterocycles. The monoisotopic (exact) mass is 534 g/mol. The molecule has 0 atom stereocenters. The van der Waals surface area contributed by atoms with Crippen LogP contribution in [0.5, 0.6) is 0 Å². The highest BCUT2D eigenvalue weighted by molar-refractivity contribution is 6.74. The van der Waals surface area contributed by atoms with Crippen molar-refractivity contribution in [2.45, 2.75) is 72.0 Å². The lowest BCUT2D eigenvalue weighted by atomic mass is 9.98. The standard InChI is InChI=1S/C27H37F3N4O2Si/c1-18-15-24(33-11-13-35-14-12-33)32-34-23(16-20-9-8-10-21(19(20)2)27(28,29)30)22(31-25(18)34)17-36-37(6,7)26(3,4)5/h8-10,15H,11-14,16-17H2,1-7H3. The van der Waals surface area contributed by atoms with Gasteiger partial charge in [-0.05, 0) is 60.8 Å². The van der Waals surface area contributed by atoms with Crippen LogP contribution in [0.4, 0.5) is 19.0 Å². The summed E-state index contributed by atoms with van der Waals surface area (Å²) in [6.07, 6.45) is -4.14. The summed E-state index contributed by atoms with van der Waals surface area (Å²) in [7, 11) is -2.09. The molecule has 1 fully saturated rings. The summed E-state index contributed by atoms with van der Waals surface area (Å²) < 4.78 is 54.8. The number of fused-ring (bicyclic) bond motifs is 1. The van der Waals surface area contributed by atoms with E-state index in [-0.39, 0.29) is 17.0 Å². The van der Waals surface area contributed by atoms with Crippen LogP contribution in [0.2, 0.25) is 18.1 Å². The van der Waals surface area contributed by atoms with Crippen LogP contribution in [-0.2, 0) is 28.4 Å². The Labute approximate surface area is 217 Å². The van der Waals surface area contributed by atoms with Gasteiger partial charge in [-0.2, -0.15) is 13.2 Å². The minimum atomic E-state index is -4.41. The zero-order valence-corrected chi connectivity index (χ0v) is 23.8. The number of imidazole rings is 1. The molecule has 10 heteroatoms. The summed E-state index contributed by atoms with van der Waals surface area (Å²) in [4.78, 5) is 7.08. The largest absolute Gasteiger partial charge is 0.416 e. The molecular formula is C27H37F3N4O2Si. The maximum atomic E-state index is 13.7. The summed E-state index contributed by atoms with van der Waals surface area (Å²) in [6.45, 7) is 17.4. The summed E-state index contributed by atoms with van der Waals surface area (Å²) in [5.74, 6) is 0.810. The van der Waals surface area contributed by atoms with E-state index in [0.717, 1.165) is 41.9 Å². The Hall–Kier alpha value is -2.43. The molecule has 37 heavy (non-hydrogen) atoms. The summed E-state index contributed by atoms with van der Waals surface area (Å²) in [5, 5.41) is 4.94. The van der Waals surface area contributed by atoms with Crippen molar-refractivity contribution in [2.75, 3.05) is 31.2 Å². The van der Waals surface area contributed by atoms with Crippen molar-refractivity contribution < 1.29 is 22.3 Å². The Morgan fingerprint density at radius 3 is 2.38 bits per heavy atom. The second kappa shape index (κ2) is 10.0. The van der Waals surface area contributed by atoms with Crippen LogP contribution in [0.3, 0.4) is 0 Å². The number of hydrogen-bond donors (Lipinski definition) is 0. The topological polar surface area (TPSA) is 51.9 Å². The number of rotatable bonds is 6. The number of morpholine rings is 1. The van der Waals surface area contributed by atoms with Crippen LogP contribution >= 0.6 is 0 Å². The Balaban J connectivity index is 1.82. The van der Waals surface area contributed by atoms with E-state index in [9.17, 15) is 13.2 Å². The fourth-order valence-electron chi connectivity index (χ4n) is 4.31. The van der Waals surface area contributed by atoms with Crippen LogP contribution in [-0.4, -0.2) is 49.2 Å². The van der Waals surface area contributed by atoms with Crippen molar-refractivity contribution in [1.82, 2.24) is 14.6 Å². The summed E-state index contributed by atoms with van der Waals surface area (Å²) >= 11 is 0. The summed E-state index contributed by atoms with van der Waals surface area (Å²) in [6, 6.07) is 6.37. The first kappa shape index (κ1) is 27.6. The molecule has 4 rings (SSSR count). The number of hydrogen-bond acceptors (Lipinski definition) is 5. The average molecular weight is 535 g/mol. The number of benzene rings is 1. The highest BCUT2D eigenvalue weighted by Crippen LogP contribution is 2.38. The fraction of sp³-hybridized carbons (Fsp3) is 0.556. The maximum absolute atomic E-state index is 13.7. The van der Waals surface area contributed by atoms with Gasteiger partial charge in [-0.1, -0.05) is 32.9 Å². The Kier molecular flexibility index (Phi) is 7.48. The van der Waals surface area contributed by atoms with Gasteiger partial charge in [0.05, 0.1) is 36.8 Å². The third kappa shape index (κ3) is 5.71. The first-order valence-corrected chi connectivity index (χ1v) is 15.6. The normalized spacial score (nSPS) is 15.6. The van der Waals surface area contributed by atoms with Gasteiger partial charge in [-0.3, -0.25) is 0 Å². The third-order valence-electron chi connectivity index (χ3n) is 7.75. The molecule has 1 aliphatic rings. The molecule has 2 aromatic heterocycles. The number of ether oxygens (including phenoxy) is 1. The van der Waals surface area contributed by atoms with Crippen LogP contribution in [0.15, 0.2) is 24.3 Å². The van der Waals surface area contributed by atoms with Crippen molar-refractivity contribution >= 4 is 19.8 Å². The molecule has 0 spiro atoms. The lowest BCUT2D eigenvalue weighted by Crippen LogP contribution is -2.40. The average Bonchev–Trinajstić information content (AvgIpc) is 3.16. The second-order valence-corrected chi connectivity index (χ2v) is 16.1. The van der Waals surface area contributed by atoms with Crippen LogP contribution in [0.25, 0.3) is 5.65 Å². The number of halogens is 3. The minimum absolute atomic E-state index is 0.0155. The zero-order valence-electron chi connectivity index (χ0n) is 22.8. The van der Waals surface area contributed by atoms with Crippen LogP contribution in [0, 0.1) is 13.8 Å². The van der Waals surface area contributed by atoms with E-state index in [4.69, 9.17) is 19.2 Å². The van der Waals surface area contributed by atoms with Gasteiger partial charge in [0.25, 0.3) is 0 Å². The smallest absolute Gasteiger partial charge is 0.411 e. The Morgan fingerprint density at radius 2 is 1.76 bits per heavy atom. The van der Waals surface area contributed by atoms with Crippen molar-refractivity contribution in [3.05, 3.63) is 57.9 Å². The molecule has 3 aromatic rings. The quantitative estimate of drug-likeness (QED) is 0.347. The van der Waals surface area contributed by atoms with Crippen molar-refractivity contribution in [2.24, 2.45) is 0 Å². The molecule has 0 saturated carbocycles. The van der Waals surface area contributed by atoms with E-state index in [1.807, 2.05) is 17.5 Å². The predicted octanol–water partition coefficient (Wildman–Crippen LogP) is 6.31. The van der Waals surface area contributed by atoms with Gasteiger partial charge < -0.3 is 14.1 Å². The highest BCUT2D eigenvalue weighted by Gasteiger charge is 2.38. The van der Waals surface area contributed by atoms with E-state index in [1.54, 1.807) is 6.07 Å². The van der Waals surface area contributed by atoms with Gasteiger partial charge in [0.2, 0.25) is 0 Å². The molecule has 0 bridgehead atoms. The molecule has 0 aliphatic carbocycles. The SMILES string of the molecule is Cc1c(Cc2c(CO[Si](C)(C)C(C)(C)C)nc3c(C)cc(N4CCOCC4)nn23)cccc1C(F)(F)F. The van der Waals surface area contributed by atoms with E-state index in [2.05, 4.69) is 38.8 Å². The van der Waals surface area contributed by atoms with Gasteiger partial charge in [0.1, 0.15) is 5.82 Å². The lowest BCUT2D eigenvalue weighted by Gasteiger charge is -2.36. The molecule has 3 heterocycles. The van der Waals surface area contributed by atoms with Gasteiger partial charge >= 0.3 is 6.18 Å². The second-order valence-electron chi connectivity index (χ2n) is 11.3. The fourth-order valence-corrected chi connectivity index (χ4v) is 5.24. The van der Waals surface area contributed by atoms with Gasteiger partial charge in [-0.25, -0.2) is 9.50 Å². The molecule has 202 valence electrons. The van der Waals surface area contributed by atoms with Gasteiger partial charge in [0.15, 0.2) is 14.0 Å². The molecule has 0 unspecified atom stereocenters. The first-order valence-electron chi connectivity index (χ1n) is 12.7. The molecule has 1 aliphatic heterocycles. The van der Waals surface area contributed by atoms with Crippen molar-refractivity contribution in [3.63, 3.8) is 0 Å². The molecule has 0 amide bonds. The maximum Gasteiger partial charge on any atom is 0.416 e. The lowest BCUT2D eigenvalue weighted by molar-refractivity contribution is -0.138. The number of aryl methyl sites for hydroxylation is 1. The molecular weight excluding hydrogens is 497 g/mol. The molecule has 0 radical (unpaired) electrons. The predicted molar refractivity (Wildman–Crippen MR) is 142 cm³/mol. The van der Waals surface area contributed by atoms with E-state index in [1.165, 1.54) is 13.0 Å². The van der Waals surface area contributed by atoms with Gasteiger partial charge in [0, 0.05) is 19.5 Å². The minimum Gasteiger partial charge on any atom is -0.411 e. The number of anilines is 1. The first-order chi connectivity index (χ1) is 17.2. The van der Waals surface area contributed by atoms with Crippen LogP contribution in [0.1, 0.15) is 54.4 Å². The van der Waals surface area contributed by atoms with Crippen LogP contribution < -0.4 is 4.90 Å². The number of nitrogens with zero attached hydrogens (tertiary/aromatic N) is 4. The van der Waals surface area contributed by atoms with Gasteiger partial charge in [-0.15, -0.1) is 5.10 Å². The Morgan fingerprint density at radius 1 is 1.08 bits per heavy atom. The number of alkyl halides is 3. The van der Waals surface area contributed by atoms with E-state index < -0.39 is 20.1 Å². The highest BCUT2D eigenvalue weighted by atomic mass is 28.4. The zero-order chi connectivity index (χ0) is 27.2. The third-order valence-corrected chi connectivity index (χ3v) is 12.2. The van der Waals surface area contributed by atoms with E-state index >= 15 is 0 Å². The Bertz CT molecular complexity index is 1280. The van der Waals surface area contributed by atoms with Crippen molar-refractivity contribution in [1.29, 1.82) is 0 Å². The molecule has 6 nitrogen and oxygen atoms in total. The molecule has 0 N–H and O–H groups in total. The summed E-state index contributed by atoms with van der Waals surface area (Å²) in [5.41, 5.74) is 3.34. The van der Waals surface area contributed by atoms with Crippen molar-refractivity contribution in [3.8, 4) is 0 Å². The molecule has 1 aromatic carbocycles. The van der Waals surface area contributed by atoms with E-state index in [0.29, 0.717) is 31.0 Å².